The van der Waals surface area contributed by atoms with Crippen LogP contribution in [0.25, 0.3) is 0 Å². The van der Waals surface area contributed by atoms with Gasteiger partial charge in [-0.25, -0.2) is 0 Å². The van der Waals surface area contributed by atoms with E-state index < -0.39 is 6.10 Å². The minimum absolute atomic E-state index is 0.187. The van der Waals surface area contributed by atoms with Crippen molar-refractivity contribution in [3.05, 3.63) is 0 Å². The lowest BCUT2D eigenvalue weighted by molar-refractivity contribution is -0.128. The molecule has 134 valence electrons. The van der Waals surface area contributed by atoms with Crippen molar-refractivity contribution in [1.82, 2.24) is 14.7 Å². The summed E-state index contributed by atoms with van der Waals surface area (Å²) in [5, 5.41) is 10.0. The SMILES string of the molecule is CCOC[C@H](O)CN1C[C@@H](N2CCCN(C(C)=O)CC2)[C@@H](C)C1. The lowest BCUT2D eigenvalue weighted by Crippen LogP contribution is -2.43. The van der Waals surface area contributed by atoms with Crippen LogP contribution in [0.5, 0.6) is 0 Å². The van der Waals surface area contributed by atoms with Crippen molar-refractivity contribution in [3.8, 4) is 0 Å². The van der Waals surface area contributed by atoms with Crippen molar-refractivity contribution in [2.24, 2.45) is 5.92 Å². The summed E-state index contributed by atoms with van der Waals surface area (Å²) in [6, 6.07) is 0.529. The summed E-state index contributed by atoms with van der Waals surface area (Å²) in [5.41, 5.74) is 0. The quantitative estimate of drug-likeness (QED) is 0.758. The van der Waals surface area contributed by atoms with Gasteiger partial charge in [-0.05, 0) is 19.3 Å². The molecule has 0 bridgehead atoms. The van der Waals surface area contributed by atoms with E-state index in [2.05, 4.69) is 16.7 Å². The highest BCUT2D eigenvalue weighted by molar-refractivity contribution is 5.73. The molecule has 2 saturated heterocycles. The molecule has 0 spiro atoms. The van der Waals surface area contributed by atoms with Gasteiger partial charge in [0, 0.05) is 65.4 Å². The van der Waals surface area contributed by atoms with Gasteiger partial charge < -0.3 is 14.7 Å². The van der Waals surface area contributed by atoms with E-state index in [4.69, 9.17) is 4.74 Å². The van der Waals surface area contributed by atoms with Gasteiger partial charge >= 0.3 is 0 Å². The van der Waals surface area contributed by atoms with Crippen molar-refractivity contribution in [2.45, 2.75) is 39.3 Å². The van der Waals surface area contributed by atoms with E-state index in [-0.39, 0.29) is 5.91 Å². The molecule has 2 rings (SSSR count). The normalized spacial score (nSPS) is 28.8. The molecule has 0 saturated carbocycles. The molecule has 2 heterocycles. The molecule has 0 radical (unpaired) electrons. The fourth-order valence-electron chi connectivity index (χ4n) is 3.86. The molecule has 2 fully saturated rings. The Balaban J connectivity index is 1.82. The lowest BCUT2D eigenvalue weighted by atomic mass is 10.0. The van der Waals surface area contributed by atoms with Gasteiger partial charge in [0.15, 0.2) is 0 Å². The van der Waals surface area contributed by atoms with Crippen LogP contribution >= 0.6 is 0 Å². The zero-order valence-electron chi connectivity index (χ0n) is 14.9. The predicted molar refractivity (Wildman–Crippen MR) is 90.3 cm³/mol. The number of β-amino-alcohol motifs (C(OH)–C–C–N with tert-alkyl or cyclic N) is 1. The molecule has 6 nitrogen and oxygen atoms in total. The zero-order chi connectivity index (χ0) is 16.8. The molecule has 6 heteroatoms. The maximum Gasteiger partial charge on any atom is 0.219 e. The largest absolute Gasteiger partial charge is 0.389 e. The third kappa shape index (κ3) is 5.41. The Labute approximate surface area is 140 Å². The van der Waals surface area contributed by atoms with Crippen LogP contribution in [0.2, 0.25) is 0 Å². The fourth-order valence-corrected chi connectivity index (χ4v) is 3.86. The summed E-state index contributed by atoms with van der Waals surface area (Å²) >= 11 is 0. The molecule has 1 amide bonds. The van der Waals surface area contributed by atoms with Crippen molar-refractivity contribution in [2.75, 3.05) is 59.0 Å². The average Bonchev–Trinajstić information content (AvgIpc) is 2.73. The van der Waals surface area contributed by atoms with Gasteiger partial charge in [-0.15, -0.1) is 0 Å². The van der Waals surface area contributed by atoms with Crippen molar-refractivity contribution >= 4 is 5.91 Å². The molecular formula is C17H33N3O3. The Kier molecular flexibility index (Phi) is 7.27. The number of likely N-dealkylation sites (tertiary alicyclic amines) is 1. The zero-order valence-corrected chi connectivity index (χ0v) is 14.9. The third-order valence-electron chi connectivity index (χ3n) is 5.08. The molecule has 3 atom stereocenters. The monoisotopic (exact) mass is 327 g/mol. The van der Waals surface area contributed by atoms with E-state index in [1.165, 1.54) is 0 Å². The summed E-state index contributed by atoms with van der Waals surface area (Å²) in [6.45, 7) is 13.4. The molecular weight excluding hydrogens is 294 g/mol. The first-order valence-electron chi connectivity index (χ1n) is 8.99. The number of ether oxygens (including phenoxy) is 1. The van der Waals surface area contributed by atoms with Crippen LogP contribution in [-0.2, 0) is 9.53 Å². The van der Waals surface area contributed by atoms with Gasteiger partial charge in [-0.1, -0.05) is 6.92 Å². The Morgan fingerprint density at radius 3 is 2.74 bits per heavy atom. The summed E-state index contributed by atoms with van der Waals surface area (Å²) < 4.78 is 5.30. The molecule has 0 aromatic rings. The Morgan fingerprint density at radius 2 is 2.04 bits per heavy atom. The van der Waals surface area contributed by atoms with E-state index in [1.54, 1.807) is 6.92 Å². The van der Waals surface area contributed by atoms with Gasteiger partial charge in [0.05, 0.1) is 12.7 Å². The number of aliphatic hydroxyl groups excluding tert-OH is 1. The summed E-state index contributed by atoms with van der Waals surface area (Å²) in [7, 11) is 0. The molecule has 2 aliphatic rings. The number of nitrogens with zero attached hydrogens (tertiary/aromatic N) is 3. The number of aliphatic hydroxyl groups is 1. The van der Waals surface area contributed by atoms with Crippen LogP contribution < -0.4 is 0 Å². The van der Waals surface area contributed by atoms with Crippen LogP contribution in [-0.4, -0.2) is 96.9 Å². The van der Waals surface area contributed by atoms with E-state index in [1.807, 2.05) is 11.8 Å². The molecule has 0 aromatic carbocycles. The number of hydrogen-bond donors (Lipinski definition) is 1. The number of carbonyl (C=O) groups excluding carboxylic acids is 1. The van der Waals surface area contributed by atoms with E-state index in [0.717, 1.165) is 45.7 Å². The number of amides is 1. The number of carbonyl (C=O) groups is 1. The average molecular weight is 327 g/mol. The van der Waals surface area contributed by atoms with Crippen molar-refractivity contribution in [3.63, 3.8) is 0 Å². The summed E-state index contributed by atoms with van der Waals surface area (Å²) in [6.07, 6.45) is 0.647. The van der Waals surface area contributed by atoms with Gasteiger partial charge in [0.2, 0.25) is 5.91 Å². The highest BCUT2D eigenvalue weighted by atomic mass is 16.5. The number of hydrogen-bond acceptors (Lipinski definition) is 5. The summed E-state index contributed by atoms with van der Waals surface area (Å²) in [5.74, 6) is 0.783. The van der Waals surface area contributed by atoms with Crippen LogP contribution in [0.4, 0.5) is 0 Å². The summed E-state index contributed by atoms with van der Waals surface area (Å²) in [4.78, 5) is 18.4. The molecule has 1 N–H and O–H groups in total. The second-order valence-corrected chi connectivity index (χ2v) is 6.97. The third-order valence-corrected chi connectivity index (χ3v) is 5.08. The van der Waals surface area contributed by atoms with E-state index in [9.17, 15) is 9.90 Å². The van der Waals surface area contributed by atoms with E-state index in [0.29, 0.717) is 31.7 Å². The second kappa shape index (κ2) is 8.97. The van der Waals surface area contributed by atoms with Gasteiger partial charge in [0.1, 0.15) is 0 Å². The van der Waals surface area contributed by atoms with Crippen molar-refractivity contribution in [1.29, 1.82) is 0 Å². The maximum atomic E-state index is 11.6. The van der Waals surface area contributed by atoms with Crippen LogP contribution in [0, 0.1) is 5.92 Å². The lowest BCUT2D eigenvalue weighted by Gasteiger charge is -2.30. The highest BCUT2D eigenvalue weighted by Crippen LogP contribution is 2.23. The van der Waals surface area contributed by atoms with E-state index >= 15 is 0 Å². The number of rotatable bonds is 6. The second-order valence-electron chi connectivity index (χ2n) is 6.97. The predicted octanol–water partition coefficient (Wildman–Crippen LogP) is 0.258. The fraction of sp³-hybridized carbons (Fsp3) is 0.941. The maximum absolute atomic E-state index is 11.6. The first-order chi connectivity index (χ1) is 11.0. The molecule has 0 aliphatic carbocycles. The van der Waals surface area contributed by atoms with Crippen molar-refractivity contribution < 1.29 is 14.6 Å². The standard InChI is InChI=1S/C17H33N3O3/c1-4-23-13-16(22)11-18-10-14(2)17(12-18)20-7-5-6-19(8-9-20)15(3)21/h14,16-17,22H,4-13H2,1-3H3/t14-,16+,17+/m0/s1. The Morgan fingerprint density at radius 1 is 1.26 bits per heavy atom. The first-order valence-corrected chi connectivity index (χ1v) is 8.99. The molecule has 2 aliphatic heterocycles. The Hall–Kier alpha value is -0.690. The van der Waals surface area contributed by atoms with Gasteiger partial charge in [0.25, 0.3) is 0 Å². The topological polar surface area (TPSA) is 56.3 Å². The molecule has 0 aromatic heterocycles. The molecule has 23 heavy (non-hydrogen) atoms. The van der Waals surface area contributed by atoms with Crippen LogP contribution in [0.1, 0.15) is 27.2 Å². The molecule has 0 unspecified atom stereocenters. The highest BCUT2D eigenvalue weighted by Gasteiger charge is 2.35. The minimum atomic E-state index is -0.404. The van der Waals surface area contributed by atoms with Crippen LogP contribution in [0.15, 0.2) is 0 Å². The smallest absolute Gasteiger partial charge is 0.219 e. The minimum Gasteiger partial charge on any atom is -0.389 e. The van der Waals surface area contributed by atoms with Gasteiger partial charge in [-0.2, -0.15) is 0 Å². The Bertz CT molecular complexity index is 380. The van der Waals surface area contributed by atoms with Crippen LogP contribution in [0.3, 0.4) is 0 Å². The van der Waals surface area contributed by atoms with Gasteiger partial charge in [-0.3, -0.25) is 14.6 Å². The first kappa shape index (κ1) is 18.6.